The van der Waals surface area contributed by atoms with E-state index in [0.717, 1.165) is 0 Å². The van der Waals surface area contributed by atoms with E-state index in [9.17, 15) is 4.79 Å². The Morgan fingerprint density at radius 3 is 2.56 bits per heavy atom. The highest BCUT2D eigenvalue weighted by Gasteiger charge is 2.24. The summed E-state index contributed by atoms with van der Waals surface area (Å²) < 4.78 is 5.00. The molecule has 0 bridgehead atoms. The zero-order valence-electron chi connectivity index (χ0n) is 9.33. The number of benzene rings is 1. The number of hydrazine groups is 1. The van der Waals surface area contributed by atoms with Crippen molar-refractivity contribution in [2.24, 2.45) is 5.84 Å². The van der Waals surface area contributed by atoms with E-state index in [4.69, 9.17) is 33.6 Å². The van der Waals surface area contributed by atoms with Gasteiger partial charge in [0, 0.05) is 5.56 Å². The summed E-state index contributed by atoms with van der Waals surface area (Å²) in [6.07, 6.45) is 0. The molecule has 1 amide bonds. The first-order valence-corrected chi connectivity index (χ1v) is 5.73. The van der Waals surface area contributed by atoms with Crippen molar-refractivity contribution in [3.05, 3.63) is 39.6 Å². The second-order valence-corrected chi connectivity index (χ2v) is 4.35. The predicted octanol–water partition coefficient (Wildman–Crippen LogP) is 2.56. The van der Waals surface area contributed by atoms with Gasteiger partial charge in [0.05, 0.1) is 10.0 Å². The molecule has 0 aliphatic heterocycles. The average Bonchev–Trinajstić information content (AvgIpc) is 2.70. The van der Waals surface area contributed by atoms with E-state index in [2.05, 4.69) is 5.16 Å². The molecule has 5 nitrogen and oxygen atoms in total. The van der Waals surface area contributed by atoms with Gasteiger partial charge < -0.3 is 4.52 Å². The summed E-state index contributed by atoms with van der Waals surface area (Å²) in [7, 11) is 0. The van der Waals surface area contributed by atoms with E-state index in [1.807, 2.05) is 5.43 Å². The lowest BCUT2D eigenvalue weighted by Crippen LogP contribution is -2.30. The van der Waals surface area contributed by atoms with Crippen molar-refractivity contribution in [3.8, 4) is 11.3 Å². The summed E-state index contributed by atoms with van der Waals surface area (Å²) in [6, 6.07) is 5.00. The summed E-state index contributed by atoms with van der Waals surface area (Å²) in [4.78, 5) is 11.7. The Morgan fingerprint density at radius 1 is 1.39 bits per heavy atom. The Hall–Kier alpha value is -1.56. The highest BCUT2D eigenvalue weighted by molar-refractivity contribution is 6.39. The van der Waals surface area contributed by atoms with Crippen LogP contribution in [0.1, 0.15) is 16.1 Å². The number of halogens is 2. The zero-order chi connectivity index (χ0) is 13.3. The van der Waals surface area contributed by atoms with Crippen molar-refractivity contribution in [1.82, 2.24) is 10.6 Å². The van der Waals surface area contributed by atoms with Gasteiger partial charge in [0.15, 0.2) is 0 Å². The standard InChI is InChI=1S/C11H9Cl2N3O2/c1-5-8(11(17)15-14)10(16-18-5)9-6(12)3-2-4-7(9)13/h2-4H,14H2,1H3,(H,15,17). The smallest absolute Gasteiger partial charge is 0.271 e. The lowest BCUT2D eigenvalue weighted by Gasteiger charge is -2.05. The van der Waals surface area contributed by atoms with Gasteiger partial charge in [0.2, 0.25) is 0 Å². The van der Waals surface area contributed by atoms with Gasteiger partial charge in [-0.25, -0.2) is 5.84 Å². The molecule has 2 aromatic rings. The molecule has 0 spiro atoms. The molecule has 7 heteroatoms. The molecule has 0 saturated heterocycles. The minimum absolute atomic E-state index is 0.215. The molecule has 0 aliphatic carbocycles. The Kier molecular flexibility index (Phi) is 3.56. The molecule has 0 atom stereocenters. The van der Waals surface area contributed by atoms with Crippen LogP contribution in [-0.2, 0) is 0 Å². The van der Waals surface area contributed by atoms with Gasteiger partial charge in [-0.05, 0) is 19.1 Å². The number of carbonyl (C=O) groups excluding carboxylic acids is 1. The van der Waals surface area contributed by atoms with Crippen molar-refractivity contribution < 1.29 is 9.32 Å². The molecule has 2 rings (SSSR count). The number of aryl methyl sites for hydroxylation is 1. The van der Waals surface area contributed by atoms with Gasteiger partial charge in [0.1, 0.15) is 17.0 Å². The third-order valence-electron chi connectivity index (χ3n) is 2.42. The van der Waals surface area contributed by atoms with Gasteiger partial charge in [-0.2, -0.15) is 0 Å². The number of hydrogen-bond acceptors (Lipinski definition) is 4. The van der Waals surface area contributed by atoms with Crippen LogP contribution in [0, 0.1) is 6.92 Å². The molecule has 0 radical (unpaired) electrons. The molecular formula is C11H9Cl2N3O2. The quantitative estimate of drug-likeness (QED) is 0.505. The van der Waals surface area contributed by atoms with Crippen LogP contribution >= 0.6 is 23.2 Å². The second kappa shape index (κ2) is 4.97. The number of nitrogen functional groups attached to an aromatic ring is 1. The van der Waals surface area contributed by atoms with E-state index < -0.39 is 5.91 Å². The van der Waals surface area contributed by atoms with Gasteiger partial charge in [-0.3, -0.25) is 10.2 Å². The summed E-state index contributed by atoms with van der Waals surface area (Å²) in [5, 5.41) is 4.57. The minimum atomic E-state index is -0.514. The van der Waals surface area contributed by atoms with Crippen molar-refractivity contribution in [2.45, 2.75) is 6.92 Å². The molecule has 18 heavy (non-hydrogen) atoms. The maximum atomic E-state index is 11.7. The number of nitrogens with two attached hydrogens (primary N) is 1. The van der Waals surface area contributed by atoms with Crippen LogP contribution < -0.4 is 11.3 Å². The second-order valence-electron chi connectivity index (χ2n) is 3.53. The number of carbonyl (C=O) groups is 1. The van der Waals surface area contributed by atoms with Gasteiger partial charge in [-0.15, -0.1) is 0 Å². The molecular weight excluding hydrogens is 277 g/mol. The van der Waals surface area contributed by atoms with E-state index in [1.165, 1.54) is 0 Å². The maximum absolute atomic E-state index is 11.7. The van der Waals surface area contributed by atoms with Crippen molar-refractivity contribution in [2.75, 3.05) is 0 Å². The average molecular weight is 286 g/mol. The highest BCUT2D eigenvalue weighted by atomic mass is 35.5. The lowest BCUT2D eigenvalue weighted by molar-refractivity contribution is 0.0952. The van der Waals surface area contributed by atoms with Crippen LogP contribution in [0.25, 0.3) is 11.3 Å². The van der Waals surface area contributed by atoms with Crippen molar-refractivity contribution >= 4 is 29.1 Å². The van der Waals surface area contributed by atoms with Crippen LogP contribution in [0.3, 0.4) is 0 Å². The molecule has 94 valence electrons. The number of amides is 1. The van der Waals surface area contributed by atoms with Gasteiger partial charge in [0.25, 0.3) is 5.91 Å². The Morgan fingerprint density at radius 2 is 2.00 bits per heavy atom. The van der Waals surface area contributed by atoms with Crippen LogP contribution in [0.15, 0.2) is 22.7 Å². The van der Waals surface area contributed by atoms with Crippen molar-refractivity contribution in [3.63, 3.8) is 0 Å². The monoisotopic (exact) mass is 285 g/mol. The summed E-state index contributed by atoms with van der Waals surface area (Å²) >= 11 is 12.1. The Balaban J connectivity index is 2.69. The van der Waals surface area contributed by atoms with Gasteiger partial charge in [-0.1, -0.05) is 34.4 Å². The third-order valence-corrected chi connectivity index (χ3v) is 3.05. The van der Waals surface area contributed by atoms with E-state index in [-0.39, 0.29) is 11.3 Å². The predicted molar refractivity (Wildman–Crippen MR) is 68.3 cm³/mol. The topological polar surface area (TPSA) is 81.2 Å². The summed E-state index contributed by atoms with van der Waals surface area (Å²) in [5.41, 5.74) is 2.96. The number of rotatable bonds is 2. The molecule has 0 saturated carbocycles. The number of aromatic nitrogens is 1. The van der Waals surface area contributed by atoms with Crippen LogP contribution in [-0.4, -0.2) is 11.1 Å². The SMILES string of the molecule is Cc1onc(-c2c(Cl)cccc2Cl)c1C(=O)NN. The van der Waals surface area contributed by atoms with E-state index >= 15 is 0 Å². The van der Waals surface area contributed by atoms with E-state index in [1.54, 1.807) is 25.1 Å². The minimum Gasteiger partial charge on any atom is -0.360 e. The maximum Gasteiger partial charge on any atom is 0.271 e. The number of hydrogen-bond donors (Lipinski definition) is 2. The first kappa shape index (κ1) is 12.9. The van der Waals surface area contributed by atoms with Crippen LogP contribution in [0.5, 0.6) is 0 Å². The number of nitrogens with one attached hydrogen (secondary N) is 1. The zero-order valence-corrected chi connectivity index (χ0v) is 10.8. The molecule has 1 aromatic carbocycles. The summed E-state index contributed by atoms with van der Waals surface area (Å²) in [5.74, 6) is 4.94. The third kappa shape index (κ3) is 2.08. The normalized spacial score (nSPS) is 10.4. The van der Waals surface area contributed by atoms with Crippen LogP contribution in [0.2, 0.25) is 10.0 Å². The molecule has 1 heterocycles. The molecule has 0 aliphatic rings. The molecule has 0 fully saturated rings. The Labute approximate surface area is 113 Å². The highest BCUT2D eigenvalue weighted by Crippen LogP contribution is 2.36. The summed E-state index contributed by atoms with van der Waals surface area (Å²) in [6.45, 7) is 1.60. The fourth-order valence-electron chi connectivity index (χ4n) is 1.61. The first-order valence-electron chi connectivity index (χ1n) is 4.98. The molecule has 3 N–H and O–H groups in total. The lowest BCUT2D eigenvalue weighted by atomic mass is 10.1. The van der Waals surface area contributed by atoms with E-state index in [0.29, 0.717) is 21.4 Å². The largest absolute Gasteiger partial charge is 0.360 e. The van der Waals surface area contributed by atoms with Gasteiger partial charge >= 0.3 is 0 Å². The first-order chi connectivity index (χ1) is 8.56. The molecule has 1 aromatic heterocycles. The fraction of sp³-hybridized carbons (Fsp3) is 0.0909. The van der Waals surface area contributed by atoms with Crippen molar-refractivity contribution in [1.29, 1.82) is 0 Å². The van der Waals surface area contributed by atoms with Crippen LogP contribution in [0.4, 0.5) is 0 Å². The molecule has 0 unspecified atom stereocenters. The Bertz CT molecular complexity index is 590. The fourth-order valence-corrected chi connectivity index (χ4v) is 2.18. The number of nitrogens with zero attached hydrogens (tertiary/aromatic N) is 1.